The van der Waals surface area contributed by atoms with Gasteiger partial charge in [-0.25, -0.2) is 18.4 Å². The molecule has 3 N–H and O–H groups in total. The van der Waals surface area contributed by atoms with Crippen molar-refractivity contribution in [2.24, 2.45) is 0 Å². The first-order valence-electron chi connectivity index (χ1n) is 13.5. The maximum Gasteiger partial charge on any atom is 0.339 e. The van der Waals surface area contributed by atoms with Crippen LogP contribution in [-0.4, -0.2) is 43.8 Å². The zero-order valence-electron chi connectivity index (χ0n) is 23.4. The number of urea groups is 1. The van der Waals surface area contributed by atoms with Crippen LogP contribution in [0.5, 0.6) is 0 Å². The van der Waals surface area contributed by atoms with Gasteiger partial charge in [0.15, 0.2) is 11.6 Å². The van der Waals surface area contributed by atoms with Crippen LogP contribution < -0.4 is 20.9 Å². The third-order valence-electron chi connectivity index (χ3n) is 7.74. The van der Waals surface area contributed by atoms with E-state index < -0.39 is 41.1 Å². The summed E-state index contributed by atoms with van der Waals surface area (Å²) in [5.74, 6) is -3.57. The summed E-state index contributed by atoms with van der Waals surface area (Å²) in [6.45, 7) is 1.99. The minimum Gasteiger partial charge on any atom is -0.465 e. The van der Waals surface area contributed by atoms with Crippen molar-refractivity contribution in [2.45, 2.75) is 63.1 Å². The van der Waals surface area contributed by atoms with Gasteiger partial charge in [-0.3, -0.25) is 9.69 Å². The number of ether oxygens (including phenoxy) is 1. The van der Waals surface area contributed by atoms with Crippen LogP contribution in [0.2, 0.25) is 0 Å². The van der Waals surface area contributed by atoms with Crippen LogP contribution in [0.3, 0.4) is 0 Å². The Balaban J connectivity index is 0.00000484. The van der Waals surface area contributed by atoms with Crippen molar-refractivity contribution in [3.8, 4) is 6.07 Å². The van der Waals surface area contributed by atoms with Crippen LogP contribution >= 0.6 is 12.4 Å². The van der Waals surface area contributed by atoms with Crippen LogP contribution in [0.1, 0.15) is 51.0 Å². The van der Waals surface area contributed by atoms with E-state index in [0.717, 1.165) is 55.4 Å². The molecule has 1 aliphatic heterocycles. The lowest BCUT2D eigenvalue weighted by Crippen LogP contribution is -2.59. The normalized spacial score (nSPS) is 21.7. The number of rotatable bonds is 9. The Morgan fingerprint density at radius 3 is 2.45 bits per heavy atom. The average molecular weight is 602 g/mol. The Labute approximate surface area is 249 Å². The van der Waals surface area contributed by atoms with Gasteiger partial charge in [-0.2, -0.15) is 5.26 Å². The molecule has 4 rings (SSSR count). The molecule has 1 heterocycles. The Hall–Kier alpha value is -4.01. The fourth-order valence-electron chi connectivity index (χ4n) is 5.52. The lowest BCUT2D eigenvalue weighted by molar-refractivity contribution is -0.136. The second kappa shape index (κ2) is 14.2. The molecule has 3 amide bonds. The Kier molecular flexibility index (Phi) is 11.0. The number of carbonyl (C=O) groups excluding carboxylic acids is 3. The molecule has 0 bridgehead atoms. The molecule has 1 saturated carbocycles. The number of amides is 3. The molecule has 0 saturated heterocycles. The quantitative estimate of drug-likeness (QED) is 0.286. The number of allylic oxidation sites excluding steroid dienone is 1. The molecular weight excluding hydrogens is 568 g/mol. The molecule has 1 unspecified atom stereocenters. The molecule has 1 fully saturated rings. The summed E-state index contributed by atoms with van der Waals surface area (Å²) >= 11 is 0. The SMILES string of the molecule is COC(=O)C1=C(C)NC(=O)NC1N(C(=O)CCCNC1CCC(C#N)(c2ccccc2)CC1)c1ccc(F)c(F)c1.Cl. The van der Waals surface area contributed by atoms with Crippen molar-refractivity contribution in [1.82, 2.24) is 16.0 Å². The largest absolute Gasteiger partial charge is 0.465 e. The van der Waals surface area contributed by atoms with Gasteiger partial charge in [0.1, 0.15) is 6.17 Å². The molecule has 12 heteroatoms. The first kappa shape index (κ1) is 32.5. The molecule has 0 aromatic heterocycles. The minimum atomic E-state index is -1.29. The molecule has 2 aliphatic rings. The van der Waals surface area contributed by atoms with Crippen molar-refractivity contribution in [3.63, 3.8) is 0 Å². The van der Waals surface area contributed by atoms with Gasteiger partial charge in [-0.05, 0) is 63.3 Å². The number of hydrogen-bond donors (Lipinski definition) is 3. The summed E-state index contributed by atoms with van der Waals surface area (Å²) < 4.78 is 32.8. The Morgan fingerprint density at radius 2 is 1.83 bits per heavy atom. The number of anilines is 1. The monoisotopic (exact) mass is 601 g/mol. The first-order valence-corrected chi connectivity index (χ1v) is 13.5. The topological polar surface area (TPSA) is 124 Å². The molecule has 0 radical (unpaired) electrons. The molecule has 42 heavy (non-hydrogen) atoms. The number of nitriles is 1. The molecule has 224 valence electrons. The fourth-order valence-corrected chi connectivity index (χ4v) is 5.52. The zero-order valence-corrected chi connectivity index (χ0v) is 24.2. The molecule has 2 aromatic carbocycles. The number of halogens is 3. The van der Waals surface area contributed by atoms with Gasteiger partial charge in [-0.15, -0.1) is 12.4 Å². The van der Waals surface area contributed by atoms with Gasteiger partial charge in [-0.1, -0.05) is 30.3 Å². The average Bonchev–Trinajstić information content (AvgIpc) is 2.97. The fraction of sp³-hybridized carbons (Fsp3) is 0.400. The van der Waals surface area contributed by atoms with E-state index in [0.29, 0.717) is 13.0 Å². The third-order valence-corrected chi connectivity index (χ3v) is 7.74. The van der Waals surface area contributed by atoms with E-state index in [4.69, 9.17) is 4.74 Å². The minimum absolute atomic E-state index is 0. The second-order valence-corrected chi connectivity index (χ2v) is 10.3. The summed E-state index contributed by atoms with van der Waals surface area (Å²) in [6.07, 6.45) is 2.19. The summed E-state index contributed by atoms with van der Waals surface area (Å²) in [7, 11) is 1.16. The van der Waals surface area contributed by atoms with Crippen molar-refractivity contribution < 1.29 is 27.9 Å². The summed E-state index contributed by atoms with van der Waals surface area (Å²) in [6, 6.07) is 14.8. The van der Waals surface area contributed by atoms with E-state index in [1.807, 2.05) is 30.3 Å². The van der Waals surface area contributed by atoms with Crippen LogP contribution in [0.4, 0.5) is 19.3 Å². The van der Waals surface area contributed by atoms with Gasteiger partial charge in [0, 0.05) is 29.9 Å². The van der Waals surface area contributed by atoms with Crippen molar-refractivity contribution >= 4 is 36.0 Å². The molecular formula is C30H34ClF2N5O4. The van der Waals surface area contributed by atoms with Crippen molar-refractivity contribution in [1.29, 1.82) is 5.26 Å². The zero-order chi connectivity index (χ0) is 29.6. The number of nitrogens with one attached hydrogen (secondary N) is 3. The Bertz CT molecular complexity index is 1370. The number of methoxy groups -OCH3 is 1. The summed E-state index contributed by atoms with van der Waals surface area (Å²) in [5.41, 5.74) is 0.649. The van der Waals surface area contributed by atoms with Gasteiger partial charge in [0.25, 0.3) is 0 Å². The van der Waals surface area contributed by atoms with Crippen molar-refractivity contribution in [3.05, 3.63) is 77.0 Å². The maximum atomic E-state index is 14.2. The molecule has 0 spiro atoms. The summed E-state index contributed by atoms with van der Waals surface area (Å²) in [5, 5.41) is 18.4. The van der Waals surface area contributed by atoms with Gasteiger partial charge < -0.3 is 20.7 Å². The molecule has 2 aromatic rings. The molecule has 1 aliphatic carbocycles. The van der Waals surface area contributed by atoms with Crippen LogP contribution in [-0.2, 0) is 19.7 Å². The maximum absolute atomic E-state index is 14.2. The highest BCUT2D eigenvalue weighted by molar-refractivity contribution is 6.01. The number of benzene rings is 2. The smallest absolute Gasteiger partial charge is 0.339 e. The predicted molar refractivity (Wildman–Crippen MR) is 154 cm³/mol. The van der Waals surface area contributed by atoms with E-state index in [-0.39, 0.29) is 41.8 Å². The van der Waals surface area contributed by atoms with E-state index in [1.54, 1.807) is 0 Å². The Morgan fingerprint density at radius 1 is 1.14 bits per heavy atom. The standard InChI is InChI=1S/C30H33F2N5O4.ClH/c1-19-26(28(39)41-2)27(36-29(40)35-19)37(22-10-11-23(31)24(32)17-22)25(38)9-6-16-34-21-12-14-30(18-33,15-13-21)20-7-4-3-5-8-20;/h3-5,7-8,10-11,17,21,27,34H,6,9,12-16H2,1-2H3,(H2,35,36,40);1H. The van der Waals surface area contributed by atoms with Crippen LogP contribution in [0.25, 0.3) is 0 Å². The number of nitrogens with zero attached hydrogens (tertiary/aromatic N) is 2. The van der Waals surface area contributed by atoms with Crippen LogP contribution in [0, 0.1) is 23.0 Å². The predicted octanol–water partition coefficient (Wildman–Crippen LogP) is 4.58. The van der Waals surface area contributed by atoms with Gasteiger partial charge in [0.2, 0.25) is 5.91 Å². The van der Waals surface area contributed by atoms with E-state index in [1.165, 1.54) is 13.0 Å². The van der Waals surface area contributed by atoms with Gasteiger partial charge >= 0.3 is 12.0 Å². The van der Waals surface area contributed by atoms with Crippen molar-refractivity contribution in [2.75, 3.05) is 18.6 Å². The molecule has 9 nitrogen and oxygen atoms in total. The van der Waals surface area contributed by atoms with Gasteiger partial charge in [0.05, 0.1) is 24.2 Å². The summed E-state index contributed by atoms with van der Waals surface area (Å²) in [4.78, 5) is 39.5. The second-order valence-electron chi connectivity index (χ2n) is 10.3. The number of hydrogen-bond acceptors (Lipinski definition) is 6. The lowest BCUT2D eigenvalue weighted by atomic mass is 9.69. The highest BCUT2D eigenvalue weighted by atomic mass is 35.5. The highest BCUT2D eigenvalue weighted by Crippen LogP contribution is 2.39. The van der Waals surface area contributed by atoms with E-state index in [9.17, 15) is 28.4 Å². The third kappa shape index (κ3) is 7.06. The lowest BCUT2D eigenvalue weighted by Gasteiger charge is -2.37. The number of esters is 1. The van der Waals surface area contributed by atoms with E-state index >= 15 is 0 Å². The highest BCUT2D eigenvalue weighted by Gasteiger charge is 2.39. The number of carbonyl (C=O) groups is 3. The van der Waals surface area contributed by atoms with Crippen LogP contribution in [0.15, 0.2) is 59.8 Å². The first-order chi connectivity index (χ1) is 19.7. The van der Waals surface area contributed by atoms with E-state index in [2.05, 4.69) is 22.0 Å². The molecule has 1 atom stereocenters.